The second-order valence-electron chi connectivity index (χ2n) is 6.81. The number of benzene rings is 1. The van der Waals surface area contributed by atoms with Crippen LogP contribution in [0.2, 0.25) is 0 Å². The Morgan fingerprint density at radius 1 is 1.17 bits per heavy atom. The number of nitrogens with zero attached hydrogens (tertiary/aromatic N) is 3. The van der Waals surface area contributed by atoms with E-state index in [0.29, 0.717) is 37.6 Å². The van der Waals surface area contributed by atoms with Crippen LogP contribution in [0.4, 0.5) is 8.78 Å². The molecule has 1 fully saturated rings. The van der Waals surface area contributed by atoms with Crippen LogP contribution in [0.25, 0.3) is 0 Å². The molecule has 156 valence electrons. The van der Waals surface area contributed by atoms with E-state index in [0.717, 1.165) is 11.8 Å². The van der Waals surface area contributed by atoms with Crippen molar-refractivity contribution in [3.05, 3.63) is 47.4 Å². The van der Waals surface area contributed by atoms with E-state index < -0.39 is 26.4 Å². The number of aromatic nitrogens is 2. The summed E-state index contributed by atoms with van der Waals surface area (Å²) in [5.74, 6) is -3.11. The fourth-order valence-electron chi connectivity index (χ4n) is 3.25. The average molecular weight is 425 g/mol. The van der Waals surface area contributed by atoms with Gasteiger partial charge in [-0.1, -0.05) is 12.1 Å². The fraction of sp³-hybridized carbons (Fsp3) is 0.421. The van der Waals surface area contributed by atoms with E-state index in [1.807, 2.05) is 6.92 Å². The highest BCUT2D eigenvalue weighted by molar-refractivity contribution is 7.91. The van der Waals surface area contributed by atoms with Gasteiger partial charge in [-0.15, -0.1) is 0 Å². The summed E-state index contributed by atoms with van der Waals surface area (Å²) in [7, 11) is -4.87. The van der Waals surface area contributed by atoms with Gasteiger partial charge >= 0.3 is 5.76 Å². The molecule has 0 saturated carbocycles. The lowest BCUT2D eigenvalue weighted by Gasteiger charge is -2.32. The van der Waals surface area contributed by atoms with E-state index in [-0.39, 0.29) is 11.7 Å². The summed E-state index contributed by atoms with van der Waals surface area (Å²) in [5, 5.41) is 0. The monoisotopic (exact) mass is 425 g/mol. The Bertz CT molecular complexity index is 986. The molecular weight excluding hydrogens is 404 g/mol. The molecule has 0 bridgehead atoms. The van der Waals surface area contributed by atoms with Gasteiger partial charge in [-0.05, 0) is 26.0 Å². The highest BCUT2D eigenvalue weighted by Crippen LogP contribution is 2.25. The number of amides is 1. The number of carbonyl (C=O) groups is 1. The number of carbonyl (C=O) groups excluding carboxylic acids is 1. The van der Waals surface area contributed by atoms with Crippen molar-refractivity contribution in [2.45, 2.75) is 43.4 Å². The first-order chi connectivity index (χ1) is 13.7. The van der Waals surface area contributed by atoms with Gasteiger partial charge in [0.05, 0.1) is 10.5 Å². The number of hydrogen-bond donors (Lipinski definition) is 0. The SMILES string of the molecule is Cc1cc(OC2CCN(C(=O)c3ccccc3S(=O)(=O)C(F)F)CC2)nc(C)n1. The Hall–Kier alpha value is -2.62. The predicted molar refractivity (Wildman–Crippen MR) is 101 cm³/mol. The molecular formula is C19H21F2N3O4S. The zero-order valence-corrected chi connectivity index (χ0v) is 16.8. The molecule has 0 N–H and O–H groups in total. The van der Waals surface area contributed by atoms with Crippen molar-refractivity contribution in [2.75, 3.05) is 13.1 Å². The molecule has 3 rings (SSSR count). The van der Waals surface area contributed by atoms with Gasteiger partial charge in [0.25, 0.3) is 5.91 Å². The van der Waals surface area contributed by atoms with E-state index in [1.165, 1.54) is 23.1 Å². The standard InChI is InChI=1S/C19H21F2N3O4S/c1-12-11-17(23-13(2)22-12)28-14-7-9-24(10-8-14)18(25)15-5-3-4-6-16(15)29(26,27)19(20)21/h3-6,11,14,19H,7-10H2,1-2H3. The van der Waals surface area contributed by atoms with E-state index in [2.05, 4.69) is 9.97 Å². The van der Waals surface area contributed by atoms with Crippen LogP contribution in [0.1, 0.15) is 34.7 Å². The molecule has 0 aliphatic carbocycles. The molecule has 0 radical (unpaired) electrons. The topological polar surface area (TPSA) is 89.5 Å². The molecule has 1 aliphatic rings. The number of alkyl halides is 2. The summed E-state index contributed by atoms with van der Waals surface area (Å²) >= 11 is 0. The molecule has 1 amide bonds. The maximum Gasteiger partial charge on any atom is 0.341 e. The summed E-state index contributed by atoms with van der Waals surface area (Å²) in [4.78, 5) is 22.0. The quantitative estimate of drug-likeness (QED) is 0.732. The van der Waals surface area contributed by atoms with Crippen molar-refractivity contribution < 1.29 is 26.7 Å². The molecule has 29 heavy (non-hydrogen) atoms. The van der Waals surface area contributed by atoms with Gasteiger partial charge in [-0.3, -0.25) is 4.79 Å². The maximum absolute atomic E-state index is 13.0. The van der Waals surface area contributed by atoms with Crippen molar-refractivity contribution in [3.8, 4) is 5.88 Å². The summed E-state index contributed by atoms with van der Waals surface area (Å²) in [6.07, 6.45) is 0.864. The van der Waals surface area contributed by atoms with Crippen molar-refractivity contribution in [1.82, 2.24) is 14.9 Å². The van der Waals surface area contributed by atoms with Crippen molar-refractivity contribution in [2.24, 2.45) is 0 Å². The number of hydrogen-bond acceptors (Lipinski definition) is 6. The lowest BCUT2D eigenvalue weighted by molar-refractivity contribution is 0.0583. The zero-order chi connectivity index (χ0) is 21.2. The predicted octanol–water partition coefficient (Wildman–Crippen LogP) is 2.77. The molecule has 1 aliphatic heterocycles. The van der Waals surface area contributed by atoms with Gasteiger partial charge < -0.3 is 9.64 Å². The molecule has 0 spiro atoms. The summed E-state index contributed by atoms with van der Waals surface area (Å²) in [6, 6.07) is 6.79. The highest BCUT2D eigenvalue weighted by atomic mass is 32.2. The first-order valence-corrected chi connectivity index (χ1v) is 10.6. The van der Waals surface area contributed by atoms with E-state index in [9.17, 15) is 22.0 Å². The molecule has 1 aromatic heterocycles. The molecule has 10 heteroatoms. The van der Waals surface area contributed by atoms with Crippen LogP contribution in [0.15, 0.2) is 35.2 Å². The van der Waals surface area contributed by atoms with Crippen LogP contribution >= 0.6 is 0 Å². The molecule has 0 atom stereocenters. The number of halogens is 2. The maximum atomic E-state index is 13.0. The molecule has 2 heterocycles. The van der Waals surface area contributed by atoms with Crippen molar-refractivity contribution in [3.63, 3.8) is 0 Å². The smallest absolute Gasteiger partial charge is 0.341 e. The molecule has 2 aromatic rings. The normalized spacial score (nSPS) is 15.6. The Kier molecular flexibility index (Phi) is 6.11. The minimum atomic E-state index is -4.87. The number of sulfone groups is 1. The van der Waals surface area contributed by atoms with Gasteiger partial charge in [0.1, 0.15) is 11.9 Å². The Morgan fingerprint density at radius 2 is 1.83 bits per heavy atom. The van der Waals surface area contributed by atoms with Crippen molar-refractivity contribution >= 4 is 15.7 Å². The first kappa shape index (κ1) is 21.1. The van der Waals surface area contributed by atoms with Crippen LogP contribution in [-0.4, -0.2) is 54.1 Å². The molecule has 1 saturated heterocycles. The summed E-state index contributed by atoms with van der Waals surface area (Å²) in [6.45, 7) is 4.24. The largest absolute Gasteiger partial charge is 0.474 e. The lowest BCUT2D eigenvalue weighted by atomic mass is 10.1. The number of aryl methyl sites for hydroxylation is 2. The van der Waals surface area contributed by atoms with E-state index >= 15 is 0 Å². The fourth-order valence-corrected chi connectivity index (χ4v) is 4.17. The molecule has 7 nitrogen and oxygen atoms in total. The summed E-state index contributed by atoms with van der Waals surface area (Å²) in [5.41, 5.74) is 0.547. The second-order valence-corrected chi connectivity index (χ2v) is 8.69. The minimum Gasteiger partial charge on any atom is -0.474 e. The zero-order valence-electron chi connectivity index (χ0n) is 16.0. The average Bonchev–Trinajstić information content (AvgIpc) is 2.67. The van der Waals surface area contributed by atoms with Gasteiger partial charge in [0.15, 0.2) is 0 Å². The van der Waals surface area contributed by atoms with Crippen LogP contribution in [0.5, 0.6) is 5.88 Å². The third kappa shape index (κ3) is 4.69. The number of ether oxygens (including phenoxy) is 1. The van der Waals surface area contributed by atoms with Gasteiger partial charge in [0.2, 0.25) is 15.7 Å². The lowest BCUT2D eigenvalue weighted by Crippen LogP contribution is -2.42. The van der Waals surface area contributed by atoms with Crippen LogP contribution < -0.4 is 4.74 Å². The number of rotatable bonds is 5. The molecule has 0 unspecified atom stereocenters. The Balaban J connectivity index is 1.70. The Morgan fingerprint density at radius 3 is 2.45 bits per heavy atom. The summed E-state index contributed by atoms with van der Waals surface area (Å²) < 4.78 is 55.6. The third-order valence-electron chi connectivity index (χ3n) is 4.62. The third-order valence-corrected chi connectivity index (χ3v) is 6.06. The van der Waals surface area contributed by atoms with Crippen LogP contribution in [0.3, 0.4) is 0 Å². The van der Waals surface area contributed by atoms with Gasteiger partial charge in [-0.2, -0.15) is 13.8 Å². The van der Waals surface area contributed by atoms with Crippen molar-refractivity contribution in [1.29, 1.82) is 0 Å². The van der Waals surface area contributed by atoms with Gasteiger partial charge in [-0.25, -0.2) is 13.4 Å². The minimum absolute atomic E-state index is 0.159. The van der Waals surface area contributed by atoms with Gasteiger partial charge in [0, 0.05) is 37.7 Å². The number of likely N-dealkylation sites (tertiary alicyclic amines) is 1. The van der Waals surface area contributed by atoms with E-state index in [1.54, 1.807) is 13.0 Å². The second kappa shape index (κ2) is 8.40. The first-order valence-electron chi connectivity index (χ1n) is 9.08. The van der Waals surface area contributed by atoms with Crippen LogP contribution in [0, 0.1) is 13.8 Å². The highest BCUT2D eigenvalue weighted by Gasteiger charge is 2.33. The molecule has 1 aromatic carbocycles. The number of piperidine rings is 1. The van der Waals surface area contributed by atoms with Crippen LogP contribution in [-0.2, 0) is 9.84 Å². The van der Waals surface area contributed by atoms with E-state index in [4.69, 9.17) is 4.74 Å². The Labute approximate surface area is 167 Å².